The van der Waals surface area contributed by atoms with Gasteiger partial charge in [-0.05, 0) is 38.3 Å². The number of halogens is 1. The zero-order chi connectivity index (χ0) is 15.7. The third-order valence-corrected chi connectivity index (χ3v) is 4.57. The summed E-state index contributed by atoms with van der Waals surface area (Å²) in [6.45, 7) is 5.27. The smallest absolute Gasteiger partial charge is 0.229 e. The summed E-state index contributed by atoms with van der Waals surface area (Å²) in [6.07, 6.45) is 6.08. The van der Waals surface area contributed by atoms with Crippen LogP contribution in [-0.4, -0.2) is 38.6 Å². The molecule has 2 aromatic heterocycles. The molecule has 118 valence electrons. The Hall–Kier alpha value is -1.82. The molecule has 0 aromatic carbocycles. The first kappa shape index (κ1) is 15.1. The van der Waals surface area contributed by atoms with E-state index in [0.29, 0.717) is 23.8 Å². The maximum atomic E-state index is 12.5. The third-order valence-electron chi connectivity index (χ3n) is 4.27. The van der Waals surface area contributed by atoms with Gasteiger partial charge in [-0.15, -0.1) is 0 Å². The molecular weight excluding hydrogens is 304 g/mol. The van der Waals surface area contributed by atoms with Crippen LogP contribution >= 0.6 is 11.6 Å². The van der Waals surface area contributed by atoms with Crippen molar-refractivity contribution in [3.8, 4) is 0 Å². The van der Waals surface area contributed by atoms with Crippen LogP contribution in [0, 0.1) is 13.8 Å². The van der Waals surface area contributed by atoms with Crippen molar-refractivity contribution in [2.45, 2.75) is 39.2 Å². The molecule has 1 fully saturated rings. The number of amides is 1. The average molecular weight is 323 g/mol. The van der Waals surface area contributed by atoms with Crippen LogP contribution in [-0.2, 0) is 11.2 Å². The van der Waals surface area contributed by atoms with Crippen LogP contribution in [0.3, 0.4) is 0 Å². The fraction of sp³-hybridized carbons (Fsp3) is 0.533. The molecule has 3 rings (SSSR count). The highest BCUT2D eigenvalue weighted by molar-refractivity contribution is 6.29. The van der Waals surface area contributed by atoms with E-state index < -0.39 is 0 Å². The molecule has 22 heavy (non-hydrogen) atoms. The standard InChI is InChI=1S/C15H19ClN4O2/c1-10-13(15(16)22-18-10)8-14(21)19-6-3-4-12(9-19)20-7-5-17-11(20)2/h5,7,12H,3-4,6,8-9H2,1-2H3/t12-/m1/s1. The molecule has 0 aliphatic carbocycles. The van der Waals surface area contributed by atoms with Gasteiger partial charge in [0.1, 0.15) is 5.82 Å². The largest absolute Gasteiger partial charge is 0.344 e. The van der Waals surface area contributed by atoms with E-state index in [4.69, 9.17) is 16.1 Å². The highest BCUT2D eigenvalue weighted by Gasteiger charge is 2.26. The molecule has 0 spiro atoms. The zero-order valence-corrected chi connectivity index (χ0v) is 13.5. The quantitative estimate of drug-likeness (QED) is 0.871. The van der Waals surface area contributed by atoms with Crippen LogP contribution in [0.4, 0.5) is 0 Å². The van der Waals surface area contributed by atoms with Crippen molar-refractivity contribution < 1.29 is 9.32 Å². The number of aromatic nitrogens is 3. The summed E-state index contributed by atoms with van der Waals surface area (Å²) in [4.78, 5) is 18.7. The summed E-state index contributed by atoms with van der Waals surface area (Å²) in [5.41, 5.74) is 1.37. The van der Waals surface area contributed by atoms with E-state index in [0.717, 1.165) is 25.2 Å². The van der Waals surface area contributed by atoms with Gasteiger partial charge in [-0.3, -0.25) is 4.79 Å². The molecule has 7 heteroatoms. The topological polar surface area (TPSA) is 64.2 Å². The second kappa shape index (κ2) is 6.12. The van der Waals surface area contributed by atoms with Gasteiger partial charge in [-0.2, -0.15) is 0 Å². The highest BCUT2D eigenvalue weighted by atomic mass is 35.5. The SMILES string of the molecule is Cc1noc(Cl)c1CC(=O)N1CCC[C@@H](n2ccnc2C)C1. The van der Waals surface area contributed by atoms with E-state index in [1.54, 1.807) is 13.1 Å². The van der Waals surface area contributed by atoms with Crippen LogP contribution < -0.4 is 0 Å². The van der Waals surface area contributed by atoms with Gasteiger partial charge in [0.2, 0.25) is 11.1 Å². The van der Waals surface area contributed by atoms with Gasteiger partial charge in [0.05, 0.1) is 18.2 Å². The molecule has 1 amide bonds. The average Bonchev–Trinajstić information content (AvgIpc) is 3.08. The Morgan fingerprint density at radius 1 is 1.50 bits per heavy atom. The molecule has 0 radical (unpaired) electrons. The Balaban J connectivity index is 1.69. The second-order valence-corrected chi connectivity index (χ2v) is 6.06. The number of hydrogen-bond acceptors (Lipinski definition) is 4. The lowest BCUT2D eigenvalue weighted by atomic mass is 10.0. The summed E-state index contributed by atoms with van der Waals surface area (Å²) in [5.74, 6) is 1.05. The van der Waals surface area contributed by atoms with E-state index in [1.165, 1.54) is 0 Å². The Morgan fingerprint density at radius 2 is 2.32 bits per heavy atom. The molecule has 1 saturated heterocycles. The minimum absolute atomic E-state index is 0.0654. The number of hydrogen-bond donors (Lipinski definition) is 0. The summed E-state index contributed by atoms with van der Waals surface area (Å²) in [5, 5.41) is 4.00. The van der Waals surface area contributed by atoms with E-state index in [1.807, 2.05) is 18.0 Å². The number of likely N-dealkylation sites (tertiary alicyclic amines) is 1. The van der Waals surface area contributed by atoms with Crippen molar-refractivity contribution in [2.75, 3.05) is 13.1 Å². The van der Waals surface area contributed by atoms with Crippen molar-refractivity contribution >= 4 is 17.5 Å². The normalized spacial score (nSPS) is 18.7. The first-order valence-electron chi connectivity index (χ1n) is 7.44. The van der Waals surface area contributed by atoms with E-state index in [-0.39, 0.29) is 17.5 Å². The summed E-state index contributed by atoms with van der Waals surface area (Å²) in [7, 11) is 0. The van der Waals surface area contributed by atoms with Crippen LogP contribution in [0.2, 0.25) is 5.22 Å². The van der Waals surface area contributed by atoms with Gasteiger partial charge in [0.15, 0.2) is 0 Å². The van der Waals surface area contributed by atoms with Crippen molar-refractivity contribution in [1.82, 2.24) is 19.6 Å². The lowest BCUT2D eigenvalue weighted by Gasteiger charge is -2.34. The van der Waals surface area contributed by atoms with Gasteiger partial charge in [-0.25, -0.2) is 4.98 Å². The van der Waals surface area contributed by atoms with Crippen LogP contribution in [0.5, 0.6) is 0 Å². The van der Waals surface area contributed by atoms with Gasteiger partial charge in [-0.1, -0.05) is 5.16 Å². The molecule has 6 nitrogen and oxygen atoms in total. The zero-order valence-electron chi connectivity index (χ0n) is 12.8. The Kier molecular flexibility index (Phi) is 4.20. The minimum Gasteiger partial charge on any atom is -0.344 e. The van der Waals surface area contributed by atoms with Crippen LogP contribution in [0.15, 0.2) is 16.9 Å². The lowest BCUT2D eigenvalue weighted by Crippen LogP contribution is -2.41. The van der Waals surface area contributed by atoms with Crippen molar-refractivity contribution in [3.63, 3.8) is 0 Å². The number of imidazole rings is 1. The molecule has 0 unspecified atom stereocenters. The first-order valence-corrected chi connectivity index (χ1v) is 7.82. The number of carbonyl (C=O) groups excluding carboxylic acids is 1. The molecule has 3 heterocycles. The predicted molar refractivity (Wildman–Crippen MR) is 81.8 cm³/mol. The first-order chi connectivity index (χ1) is 10.6. The number of aryl methyl sites for hydroxylation is 2. The maximum Gasteiger partial charge on any atom is 0.229 e. The van der Waals surface area contributed by atoms with Crippen LogP contribution in [0.25, 0.3) is 0 Å². The van der Waals surface area contributed by atoms with Gasteiger partial charge < -0.3 is 14.0 Å². The van der Waals surface area contributed by atoms with Gasteiger partial charge in [0, 0.05) is 31.0 Å². The third kappa shape index (κ3) is 2.88. The Morgan fingerprint density at radius 3 is 2.95 bits per heavy atom. The van der Waals surface area contributed by atoms with Gasteiger partial charge in [0.25, 0.3) is 0 Å². The highest BCUT2D eigenvalue weighted by Crippen LogP contribution is 2.25. The molecule has 1 aliphatic heterocycles. The predicted octanol–water partition coefficient (Wildman–Crippen LogP) is 2.55. The molecule has 1 aliphatic rings. The molecular formula is C15H19ClN4O2. The van der Waals surface area contributed by atoms with Gasteiger partial charge >= 0.3 is 0 Å². The monoisotopic (exact) mass is 322 g/mol. The van der Waals surface area contributed by atoms with E-state index in [9.17, 15) is 4.79 Å². The number of rotatable bonds is 3. The summed E-state index contributed by atoms with van der Waals surface area (Å²) >= 11 is 5.95. The van der Waals surface area contributed by atoms with Crippen molar-refractivity contribution in [1.29, 1.82) is 0 Å². The molecule has 0 N–H and O–H groups in total. The molecule has 0 saturated carbocycles. The fourth-order valence-corrected chi connectivity index (χ4v) is 3.24. The lowest BCUT2D eigenvalue weighted by molar-refractivity contribution is -0.132. The van der Waals surface area contributed by atoms with E-state index in [2.05, 4.69) is 14.7 Å². The van der Waals surface area contributed by atoms with E-state index >= 15 is 0 Å². The molecule has 0 bridgehead atoms. The molecule has 2 aromatic rings. The Bertz CT molecular complexity index is 659. The molecule has 1 atom stereocenters. The number of nitrogens with zero attached hydrogens (tertiary/aromatic N) is 4. The fourth-order valence-electron chi connectivity index (χ4n) is 3.00. The van der Waals surface area contributed by atoms with Crippen LogP contribution in [0.1, 0.15) is 36.0 Å². The van der Waals surface area contributed by atoms with Crippen molar-refractivity contribution in [2.24, 2.45) is 0 Å². The van der Waals surface area contributed by atoms with Crippen molar-refractivity contribution in [3.05, 3.63) is 34.7 Å². The number of carbonyl (C=O) groups is 1. The summed E-state index contributed by atoms with van der Waals surface area (Å²) < 4.78 is 7.06. The Labute approximate surface area is 134 Å². The second-order valence-electron chi connectivity index (χ2n) is 5.71. The minimum atomic E-state index is 0.0654. The number of piperidine rings is 1. The summed E-state index contributed by atoms with van der Waals surface area (Å²) in [6, 6.07) is 0.291. The maximum absolute atomic E-state index is 12.5.